The number of nitrogens with one attached hydrogen (secondary N) is 1. The molecule has 17 heavy (non-hydrogen) atoms. The lowest BCUT2D eigenvalue weighted by atomic mass is 10.1. The van der Waals surface area contributed by atoms with Crippen molar-refractivity contribution in [3.63, 3.8) is 0 Å². The summed E-state index contributed by atoms with van der Waals surface area (Å²) in [7, 11) is 1.41. The van der Waals surface area contributed by atoms with Crippen LogP contribution in [0.3, 0.4) is 0 Å². The lowest BCUT2D eigenvalue weighted by Gasteiger charge is -2.13. The topological polar surface area (TPSA) is 62.1 Å². The van der Waals surface area contributed by atoms with Gasteiger partial charge in [-0.05, 0) is 26.0 Å². The van der Waals surface area contributed by atoms with Crippen molar-refractivity contribution in [3.8, 4) is 6.07 Å². The van der Waals surface area contributed by atoms with Gasteiger partial charge < -0.3 is 10.1 Å². The minimum absolute atomic E-state index is 0.161. The standard InChI is InChI=1S/C12H13FN2O2/c1-7-10(13)4-9(6-14)5-11(7)15-12(16)8(2)17-3/h4-5,8H,1-3H3,(H,15,16). The predicted molar refractivity (Wildman–Crippen MR) is 61.0 cm³/mol. The van der Waals surface area contributed by atoms with Gasteiger partial charge in [-0.1, -0.05) is 0 Å². The van der Waals surface area contributed by atoms with Crippen LogP contribution in [0.1, 0.15) is 18.1 Å². The number of rotatable bonds is 3. The first-order chi connectivity index (χ1) is 7.99. The molecular weight excluding hydrogens is 223 g/mol. The Morgan fingerprint density at radius 3 is 2.76 bits per heavy atom. The fourth-order valence-corrected chi connectivity index (χ4v) is 1.21. The molecule has 90 valence electrons. The van der Waals surface area contributed by atoms with Gasteiger partial charge in [0.15, 0.2) is 0 Å². The van der Waals surface area contributed by atoms with Crippen LogP contribution >= 0.6 is 0 Å². The Morgan fingerprint density at radius 2 is 2.24 bits per heavy atom. The first-order valence-electron chi connectivity index (χ1n) is 5.03. The van der Waals surface area contributed by atoms with E-state index >= 15 is 0 Å². The molecule has 0 saturated carbocycles. The van der Waals surface area contributed by atoms with Crippen molar-refractivity contribution in [1.29, 1.82) is 5.26 Å². The summed E-state index contributed by atoms with van der Waals surface area (Å²) in [6.45, 7) is 3.11. The largest absolute Gasteiger partial charge is 0.372 e. The second kappa shape index (κ2) is 5.41. The Kier molecular flexibility index (Phi) is 4.18. The molecule has 0 aliphatic carbocycles. The summed E-state index contributed by atoms with van der Waals surface area (Å²) in [6, 6.07) is 4.39. The predicted octanol–water partition coefficient (Wildman–Crippen LogP) is 1.98. The maximum Gasteiger partial charge on any atom is 0.253 e. The molecule has 0 saturated heterocycles. The number of benzene rings is 1. The quantitative estimate of drug-likeness (QED) is 0.872. The minimum Gasteiger partial charge on any atom is -0.372 e. The first-order valence-corrected chi connectivity index (χ1v) is 5.03. The van der Waals surface area contributed by atoms with Gasteiger partial charge in [-0.25, -0.2) is 4.39 Å². The summed E-state index contributed by atoms with van der Waals surface area (Å²) in [5, 5.41) is 11.2. The average molecular weight is 236 g/mol. The number of anilines is 1. The fraction of sp³-hybridized carbons (Fsp3) is 0.333. The molecule has 1 N–H and O–H groups in total. The second-order valence-electron chi connectivity index (χ2n) is 3.61. The molecule has 0 aromatic heterocycles. The van der Waals surface area contributed by atoms with E-state index in [4.69, 9.17) is 10.00 Å². The molecular formula is C12H13FN2O2. The van der Waals surface area contributed by atoms with E-state index in [-0.39, 0.29) is 17.2 Å². The zero-order valence-corrected chi connectivity index (χ0v) is 9.87. The van der Waals surface area contributed by atoms with Gasteiger partial charge in [0, 0.05) is 18.4 Å². The van der Waals surface area contributed by atoms with Gasteiger partial charge in [0.2, 0.25) is 0 Å². The highest BCUT2D eigenvalue weighted by atomic mass is 19.1. The summed E-state index contributed by atoms with van der Waals surface area (Å²) >= 11 is 0. The van der Waals surface area contributed by atoms with Crippen molar-refractivity contribution >= 4 is 11.6 Å². The van der Waals surface area contributed by atoms with Crippen LogP contribution in [0, 0.1) is 24.1 Å². The number of methoxy groups -OCH3 is 1. The van der Waals surface area contributed by atoms with Crippen molar-refractivity contribution in [3.05, 3.63) is 29.1 Å². The van der Waals surface area contributed by atoms with E-state index in [0.717, 1.165) is 6.07 Å². The molecule has 0 fully saturated rings. The van der Waals surface area contributed by atoms with Gasteiger partial charge in [0.05, 0.1) is 11.6 Å². The van der Waals surface area contributed by atoms with Crippen LogP contribution in [0.4, 0.5) is 10.1 Å². The van der Waals surface area contributed by atoms with Crippen LogP contribution in [0.2, 0.25) is 0 Å². The molecule has 0 heterocycles. The van der Waals surface area contributed by atoms with Gasteiger partial charge in [0.25, 0.3) is 5.91 Å². The number of amides is 1. The van der Waals surface area contributed by atoms with E-state index in [1.54, 1.807) is 6.92 Å². The Bertz CT molecular complexity index is 480. The molecule has 0 aliphatic heterocycles. The molecule has 1 amide bonds. The lowest BCUT2D eigenvalue weighted by Crippen LogP contribution is -2.27. The average Bonchev–Trinajstić information content (AvgIpc) is 2.33. The number of carbonyl (C=O) groups is 1. The van der Waals surface area contributed by atoms with Crippen LogP contribution < -0.4 is 5.32 Å². The third kappa shape index (κ3) is 3.02. The Morgan fingerprint density at radius 1 is 1.59 bits per heavy atom. The third-order valence-corrected chi connectivity index (χ3v) is 2.45. The normalized spacial score (nSPS) is 11.7. The highest BCUT2D eigenvalue weighted by Gasteiger charge is 2.14. The zero-order valence-electron chi connectivity index (χ0n) is 9.87. The van der Waals surface area contributed by atoms with Gasteiger partial charge in [0.1, 0.15) is 11.9 Å². The van der Waals surface area contributed by atoms with E-state index in [1.165, 1.54) is 20.1 Å². The lowest BCUT2D eigenvalue weighted by molar-refractivity contribution is -0.124. The molecule has 4 nitrogen and oxygen atoms in total. The van der Waals surface area contributed by atoms with Crippen molar-refractivity contribution in [1.82, 2.24) is 0 Å². The number of carbonyl (C=O) groups excluding carboxylic acids is 1. The summed E-state index contributed by atoms with van der Waals surface area (Å²) < 4.78 is 18.3. The molecule has 1 rings (SSSR count). The van der Waals surface area contributed by atoms with Crippen LogP contribution in [0.25, 0.3) is 0 Å². The fourth-order valence-electron chi connectivity index (χ4n) is 1.21. The number of hydrogen-bond acceptors (Lipinski definition) is 3. The zero-order chi connectivity index (χ0) is 13.0. The molecule has 1 unspecified atom stereocenters. The summed E-state index contributed by atoms with van der Waals surface area (Å²) in [4.78, 5) is 11.6. The number of nitriles is 1. The van der Waals surface area contributed by atoms with Crippen LogP contribution in [0.5, 0.6) is 0 Å². The Hall–Kier alpha value is -1.93. The van der Waals surface area contributed by atoms with Crippen LogP contribution in [-0.4, -0.2) is 19.1 Å². The first kappa shape index (κ1) is 13.1. The molecule has 0 radical (unpaired) electrons. The van der Waals surface area contributed by atoms with Gasteiger partial charge >= 0.3 is 0 Å². The monoisotopic (exact) mass is 236 g/mol. The molecule has 1 aromatic carbocycles. The summed E-state index contributed by atoms with van der Waals surface area (Å²) in [5.41, 5.74) is 0.740. The highest BCUT2D eigenvalue weighted by molar-refractivity contribution is 5.94. The number of nitrogens with zero attached hydrogens (tertiary/aromatic N) is 1. The molecule has 0 aliphatic rings. The Balaban J connectivity index is 3.03. The van der Waals surface area contributed by atoms with E-state index in [2.05, 4.69) is 5.32 Å². The minimum atomic E-state index is -0.636. The van der Waals surface area contributed by atoms with E-state index in [0.29, 0.717) is 5.56 Å². The summed E-state index contributed by atoms with van der Waals surface area (Å²) in [5.74, 6) is -0.908. The molecule has 1 aromatic rings. The highest BCUT2D eigenvalue weighted by Crippen LogP contribution is 2.20. The molecule has 5 heteroatoms. The smallest absolute Gasteiger partial charge is 0.253 e. The van der Waals surface area contributed by atoms with Crippen molar-refractivity contribution in [2.45, 2.75) is 20.0 Å². The second-order valence-corrected chi connectivity index (χ2v) is 3.61. The molecule has 0 spiro atoms. The van der Waals surface area contributed by atoms with E-state index in [1.807, 2.05) is 6.07 Å². The third-order valence-electron chi connectivity index (χ3n) is 2.45. The van der Waals surface area contributed by atoms with Crippen LogP contribution in [0.15, 0.2) is 12.1 Å². The molecule has 0 bridgehead atoms. The SMILES string of the molecule is COC(C)C(=O)Nc1cc(C#N)cc(F)c1C. The van der Waals surface area contributed by atoms with Crippen molar-refractivity contribution in [2.75, 3.05) is 12.4 Å². The maximum atomic E-state index is 13.4. The van der Waals surface area contributed by atoms with Gasteiger partial charge in [-0.15, -0.1) is 0 Å². The summed E-state index contributed by atoms with van der Waals surface area (Å²) in [6.07, 6.45) is -0.636. The van der Waals surface area contributed by atoms with Crippen molar-refractivity contribution < 1.29 is 13.9 Å². The number of halogens is 1. The van der Waals surface area contributed by atoms with Crippen LogP contribution in [-0.2, 0) is 9.53 Å². The number of hydrogen-bond donors (Lipinski definition) is 1. The van der Waals surface area contributed by atoms with Crippen molar-refractivity contribution in [2.24, 2.45) is 0 Å². The van der Waals surface area contributed by atoms with E-state index in [9.17, 15) is 9.18 Å². The molecule has 1 atom stereocenters. The maximum absolute atomic E-state index is 13.4. The van der Waals surface area contributed by atoms with Gasteiger partial charge in [-0.3, -0.25) is 4.79 Å². The number of ether oxygens (including phenoxy) is 1. The van der Waals surface area contributed by atoms with E-state index < -0.39 is 11.9 Å². The van der Waals surface area contributed by atoms with Gasteiger partial charge in [-0.2, -0.15) is 5.26 Å². The Labute approximate surface area is 99.0 Å².